The molecule has 0 saturated carbocycles. The third-order valence-corrected chi connectivity index (χ3v) is 4.58. The van der Waals surface area contributed by atoms with Gasteiger partial charge < -0.3 is 10.1 Å². The van der Waals surface area contributed by atoms with Gasteiger partial charge in [0.25, 0.3) is 0 Å². The van der Waals surface area contributed by atoms with Crippen molar-refractivity contribution in [2.75, 3.05) is 32.8 Å². The van der Waals surface area contributed by atoms with Crippen LogP contribution in [0.25, 0.3) is 0 Å². The topological polar surface area (TPSA) is 42.3 Å². The molecule has 1 unspecified atom stereocenters. The normalized spacial score (nSPS) is 18.9. The molecule has 1 aliphatic heterocycles. The molecule has 0 amide bonds. The monoisotopic (exact) mass is 294 g/mol. The van der Waals surface area contributed by atoms with Crippen LogP contribution in [-0.4, -0.2) is 59.1 Å². The van der Waals surface area contributed by atoms with E-state index in [9.17, 15) is 0 Å². The summed E-state index contributed by atoms with van der Waals surface area (Å²) in [7, 11) is 0. The van der Waals surface area contributed by atoms with Gasteiger partial charge in [-0.2, -0.15) is 5.10 Å². The molecule has 2 rings (SSSR count). The Balaban J connectivity index is 2.08. The Labute approximate surface area is 128 Å². The molecule has 1 aliphatic rings. The van der Waals surface area contributed by atoms with Crippen LogP contribution in [0.1, 0.15) is 33.3 Å². The third-order valence-electron chi connectivity index (χ3n) is 4.58. The van der Waals surface area contributed by atoms with Gasteiger partial charge in [0.1, 0.15) is 0 Å². The molecule has 5 nitrogen and oxygen atoms in total. The summed E-state index contributed by atoms with van der Waals surface area (Å²) in [6.45, 7) is 14.6. The zero-order chi connectivity index (χ0) is 15.3. The summed E-state index contributed by atoms with van der Waals surface area (Å²) >= 11 is 0. The van der Waals surface area contributed by atoms with Gasteiger partial charge in [0.15, 0.2) is 0 Å². The average molecular weight is 294 g/mol. The molecule has 0 aromatic carbocycles. The molecular weight excluding hydrogens is 264 g/mol. The van der Waals surface area contributed by atoms with Crippen molar-refractivity contribution in [3.63, 3.8) is 0 Å². The van der Waals surface area contributed by atoms with E-state index >= 15 is 0 Å². The van der Waals surface area contributed by atoms with Gasteiger partial charge in [-0.05, 0) is 39.3 Å². The maximum Gasteiger partial charge on any atom is 0.0594 e. The first kappa shape index (κ1) is 16.5. The van der Waals surface area contributed by atoms with E-state index in [0.29, 0.717) is 6.04 Å². The van der Waals surface area contributed by atoms with E-state index in [2.05, 4.69) is 49.2 Å². The SMILES string of the molecule is CCNC(Cc1cnn(CC)c1)C(C)(C)N1CCOCC1. The molecule has 1 aromatic rings. The van der Waals surface area contributed by atoms with Gasteiger partial charge in [-0.25, -0.2) is 0 Å². The molecule has 0 bridgehead atoms. The van der Waals surface area contributed by atoms with E-state index in [0.717, 1.165) is 45.8 Å². The minimum absolute atomic E-state index is 0.105. The highest BCUT2D eigenvalue weighted by molar-refractivity contribution is 5.10. The van der Waals surface area contributed by atoms with Crippen LogP contribution in [0.4, 0.5) is 0 Å². The standard InChI is InChI=1S/C16H30N4O/c1-5-17-15(11-14-12-18-20(6-2)13-14)16(3,4)19-7-9-21-10-8-19/h12-13,15,17H,5-11H2,1-4H3. The summed E-state index contributed by atoms with van der Waals surface area (Å²) in [5.41, 5.74) is 1.41. The van der Waals surface area contributed by atoms with Gasteiger partial charge in [-0.15, -0.1) is 0 Å². The van der Waals surface area contributed by atoms with Crippen LogP contribution < -0.4 is 5.32 Å². The lowest BCUT2D eigenvalue weighted by Gasteiger charge is -2.46. The molecule has 0 radical (unpaired) electrons. The van der Waals surface area contributed by atoms with Crippen molar-refractivity contribution in [2.45, 2.75) is 52.2 Å². The predicted octanol–water partition coefficient (Wildman–Crippen LogP) is 1.53. The maximum absolute atomic E-state index is 5.50. The smallest absolute Gasteiger partial charge is 0.0594 e. The number of aryl methyl sites for hydroxylation is 1. The van der Waals surface area contributed by atoms with E-state index in [1.807, 2.05) is 10.9 Å². The number of nitrogens with one attached hydrogen (secondary N) is 1. The number of aromatic nitrogens is 2. The largest absolute Gasteiger partial charge is 0.379 e. The van der Waals surface area contributed by atoms with Gasteiger partial charge in [0.05, 0.1) is 19.4 Å². The fraction of sp³-hybridized carbons (Fsp3) is 0.812. The predicted molar refractivity (Wildman–Crippen MR) is 85.5 cm³/mol. The number of nitrogens with zero attached hydrogens (tertiary/aromatic N) is 3. The Morgan fingerprint density at radius 1 is 1.33 bits per heavy atom. The molecule has 1 N–H and O–H groups in total. The Morgan fingerprint density at radius 3 is 2.62 bits per heavy atom. The summed E-state index contributed by atoms with van der Waals surface area (Å²) in [6, 6.07) is 0.412. The first-order chi connectivity index (χ1) is 10.1. The molecule has 1 atom stereocenters. The van der Waals surface area contributed by atoms with Gasteiger partial charge in [-0.1, -0.05) is 6.92 Å². The van der Waals surface area contributed by atoms with E-state index in [1.54, 1.807) is 0 Å². The second-order valence-electron chi connectivity index (χ2n) is 6.27. The quantitative estimate of drug-likeness (QED) is 0.828. The number of hydrogen-bond donors (Lipinski definition) is 1. The Kier molecular flexibility index (Phi) is 5.79. The highest BCUT2D eigenvalue weighted by atomic mass is 16.5. The van der Waals surface area contributed by atoms with Crippen LogP contribution in [0.15, 0.2) is 12.4 Å². The van der Waals surface area contributed by atoms with Crippen LogP contribution in [-0.2, 0) is 17.7 Å². The van der Waals surface area contributed by atoms with Crippen molar-refractivity contribution in [2.24, 2.45) is 0 Å². The van der Waals surface area contributed by atoms with Crippen LogP contribution >= 0.6 is 0 Å². The average Bonchev–Trinajstić information content (AvgIpc) is 2.95. The molecular formula is C16H30N4O. The third kappa shape index (κ3) is 4.05. The number of ether oxygens (including phenoxy) is 1. The van der Waals surface area contributed by atoms with Crippen molar-refractivity contribution < 1.29 is 4.74 Å². The number of morpholine rings is 1. The van der Waals surface area contributed by atoms with E-state index in [1.165, 1.54) is 5.56 Å². The molecule has 1 aromatic heterocycles. The molecule has 0 aliphatic carbocycles. The fourth-order valence-corrected chi connectivity index (χ4v) is 3.10. The zero-order valence-electron chi connectivity index (χ0n) is 13.9. The van der Waals surface area contributed by atoms with Gasteiger partial charge in [0.2, 0.25) is 0 Å². The fourth-order valence-electron chi connectivity index (χ4n) is 3.10. The molecule has 21 heavy (non-hydrogen) atoms. The number of likely N-dealkylation sites (N-methyl/N-ethyl adjacent to an activating group) is 1. The summed E-state index contributed by atoms with van der Waals surface area (Å²) in [5.74, 6) is 0. The number of hydrogen-bond acceptors (Lipinski definition) is 4. The zero-order valence-corrected chi connectivity index (χ0v) is 13.9. The van der Waals surface area contributed by atoms with Crippen molar-refractivity contribution in [1.29, 1.82) is 0 Å². The highest BCUT2D eigenvalue weighted by Gasteiger charge is 2.35. The van der Waals surface area contributed by atoms with Gasteiger partial charge >= 0.3 is 0 Å². The molecule has 2 heterocycles. The van der Waals surface area contributed by atoms with Crippen molar-refractivity contribution >= 4 is 0 Å². The minimum Gasteiger partial charge on any atom is -0.379 e. The van der Waals surface area contributed by atoms with E-state index in [4.69, 9.17) is 4.74 Å². The van der Waals surface area contributed by atoms with Crippen LogP contribution in [0, 0.1) is 0 Å². The van der Waals surface area contributed by atoms with Crippen LogP contribution in [0.3, 0.4) is 0 Å². The van der Waals surface area contributed by atoms with Gasteiger partial charge in [0, 0.05) is 37.4 Å². The van der Waals surface area contributed by atoms with E-state index in [-0.39, 0.29) is 5.54 Å². The summed E-state index contributed by atoms with van der Waals surface area (Å²) in [6.07, 6.45) is 5.18. The number of rotatable bonds is 7. The lowest BCUT2D eigenvalue weighted by molar-refractivity contribution is -0.0230. The molecule has 1 fully saturated rings. The molecule has 5 heteroatoms. The maximum atomic E-state index is 5.50. The molecule has 120 valence electrons. The summed E-state index contributed by atoms with van der Waals surface area (Å²) < 4.78 is 7.50. The Bertz CT molecular complexity index is 424. The first-order valence-corrected chi connectivity index (χ1v) is 8.15. The second-order valence-corrected chi connectivity index (χ2v) is 6.27. The van der Waals surface area contributed by atoms with Crippen LogP contribution in [0.5, 0.6) is 0 Å². The van der Waals surface area contributed by atoms with E-state index < -0.39 is 0 Å². The summed E-state index contributed by atoms with van der Waals surface area (Å²) in [4.78, 5) is 2.55. The van der Waals surface area contributed by atoms with Gasteiger partial charge in [-0.3, -0.25) is 9.58 Å². The van der Waals surface area contributed by atoms with Crippen molar-refractivity contribution in [3.8, 4) is 0 Å². The highest BCUT2D eigenvalue weighted by Crippen LogP contribution is 2.23. The van der Waals surface area contributed by atoms with Crippen LogP contribution in [0.2, 0.25) is 0 Å². The minimum atomic E-state index is 0.105. The lowest BCUT2D eigenvalue weighted by atomic mass is 9.87. The first-order valence-electron chi connectivity index (χ1n) is 8.15. The second kappa shape index (κ2) is 7.38. The Hall–Kier alpha value is -0.910. The molecule has 1 saturated heterocycles. The summed E-state index contributed by atoms with van der Waals surface area (Å²) in [5, 5.41) is 8.07. The molecule has 0 spiro atoms. The van der Waals surface area contributed by atoms with Crippen molar-refractivity contribution in [1.82, 2.24) is 20.0 Å². The van der Waals surface area contributed by atoms with Crippen molar-refractivity contribution in [3.05, 3.63) is 18.0 Å². The Morgan fingerprint density at radius 2 is 2.05 bits per heavy atom. The lowest BCUT2D eigenvalue weighted by Crippen LogP contribution is -2.61.